The minimum atomic E-state index is 0.648. The Morgan fingerprint density at radius 2 is 1.66 bits per heavy atom. The summed E-state index contributed by atoms with van der Waals surface area (Å²) < 4.78 is 11.2. The van der Waals surface area contributed by atoms with Crippen LogP contribution in [-0.2, 0) is 0 Å². The van der Waals surface area contributed by atoms with Gasteiger partial charge >= 0.3 is 0 Å². The predicted octanol–water partition coefficient (Wildman–Crippen LogP) is 4.77. The Bertz CT molecular complexity index is 869. The van der Waals surface area contributed by atoms with Crippen molar-refractivity contribution in [2.45, 2.75) is 32.2 Å². The number of anilines is 1. The molecule has 1 aliphatic heterocycles. The van der Waals surface area contributed by atoms with Gasteiger partial charge in [-0.05, 0) is 55.5 Å². The fourth-order valence-corrected chi connectivity index (χ4v) is 4.68. The third-order valence-electron chi connectivity index (χ3n) is 6.34. The second-order valence-corrected chi connectivity index (χ2v) is 8.06. The monoisotopic (exact) mass is 392 g/mol. The Morgan fingerprint density at radius 1 is 0.897 bits per heavy atom. The molecule has 0 saturated carbocycles. The van der Waals surface area contributed by atoms with Gasteiger partial charge in [-0.2, -0.15) is 0 Å². The van der Waals surface area contributed by atoms with Crippen LogP contribution in [0.25, 0.3) is 5.57 Å². The van der Waals surface area contributed by atoms with E-state index in [9.17, 15) is 0 Å². The van der Waals surface area contributed by atoms with Crippen LogP contribution in [0.15, 0.2) is 48.5 Å². The van der Waals surface area contributed by atoms with Crippen LogP contribution in [0.4, 0.5) is 5.69 Å². The van der Waals surface area contributed by atoms with Crippen molar-refractivity contribution >= 4 is 11.3 Å². The van der Waals surface area contributed by atoms with Crippen molar-refractivity contribution in [2.75, 3.05) is 45.3 Å². The molecule has 4 rings (SSSR count). The standard InChI is InChI=1S/C25H32N2O2/c1-19-8-13-22(25(18-19)29-3)20-9-11-21(12-10-20)26-14-16-27(17-15-26)23-6-4-5-7-24(23)28-2/h4-9,13,18,21H,10-12,14-17H2,1-3H3. The first-order valence-electron chi connectivity index (χ1n) is 10.7. The van der Waals surface area contributed by atoms with Gasteiger partial charge in [0.2, 0.25) is 0 Å². The van der Waals surface area contributed by atoms with Gasteiger partial charge in [0.25, 0.3) is 0 Å². The Morgan fingerprint density at radius 3 is 2.34 bits per heavy atom. The summed E-state index contributed by atoms with van der Waals surface area (Å²) in [6, 6.07) is 15.5. The predicted molar refractivity (Wildman–Crippen MR) is 120 cm³/mol. The zero-order valence-corrected chi connectivity index (χ0v) is 17.9. The first-order valence-corrected chi connectivity index (χ1v) is 10.7. The number of hydrogen-bond donors (Lipinski definition) is 0. The molecule has 0 spiro atoms. The molecule has 1 heterocycles. The molecule has 0 amide bonds. The van der Waals surface area contributed by atoms with Crippen molar-refractivity contribution in [3.63, 3.8) is 0 Å². The van der Waals surface area contributed by atoms with Gasteiger partial charge in [-0.1, -0.05) is 30.3 Å². The van der Waals surface area contributed by atoms with Gasteiger partial charge in [0, 0.05) is 37.8 Å². The summed E-state index contributed by atoms with van der Waals surface area (Å²) in [5.41, 5.74) is 5.16. The molecule has 0 bridgehead atoms. The van der Waals surface area contributed by atoms with Crippen LogP contribution in [-0.4, -0.2) is 51.3 Å². The number of para-hydroxylation sites is 2. The molecule has 1 unspecified atom stereocenters. The second kappa shape index (κ2) is 8.91. The van der Waals surface area contributed by atoms with Crippen LogP contribution in [0, 0.1) is 6.92 Å². The molecule has 29 heavy (non-hydrogen) atoms. The highest BCUT2D eigenvalue weighted by atomic mass is 16.5. The van der Waals surface area contributed by atoms with Crippen LogP contribution < -0.4 is 14.4 Å². The average molecular weight is 393 g/mol. The van der Waals surface area contributed by atoms with E-state index in [2.05, 4.69) is 59.2 Å². The van der Waals surface area contributed by atoms with Gasteiger partial charge in [0.15, 0.2) is 0 Å². The Balaban J connectivity index is 1.38. The molecule has 154 valence electrons. The summed E-state index contributed by atoms with van der Waals surface area (Å²) in [4.78, 5) is 5.13. The first kappa shape index (κ1) is 19.8. The molecule has 1 fully saturated rings. The highest BCUT2D eigenvalue weighted by Crippen LogP contribution is 2.35. The van der Waals surface area contributed by atoms with Crippen molar-refractivity contribution in [1.29, 1.82) is 0 Å². The molecule has 0 radical (unpaired) electrons. The van der Waals surface area contributed by atoms with E-state index in [1.165, 1.54) is 28.8 Å². The fraction of sp³-hybridized carbons (Fsp3) is 0.440. The normalized spacial score (nSPS) is 20.3. The summed E-state index contributed by atoms with van der Waals surface area (Å²) in [6.45, 7) is 6.44. The molecule has 4 heteroatoms. The summed E-state index contributed by atoms with van der Waals surface area (Å²) in [7, 11) is 3.52. The molecule has 2 aromatic rings. The smallest absolute Gasteiger partial charge is 0.142 e. The van der Waals surface area contributed by atoms with Crippen LogP contribution in [0.2, 0.25) is 0 Å². The van der Waals surface area contributed by atoms with Crippen LogP contribution in [0.5, 0.6) is 11.5 Å². The zero-order chi connectivity index (χ0) is 20.2. The van der Waals surface area contributed by atoms with Crippen molar-refractivity contribution in [2.24, 2.45) is 0 Å². The summed E-state index contributed by atoms with van der Waals surface area (Å²) in [5, 5.41) is 0. The van der Waals surface area contributed by atoms with Crippen molar-refractivity contribution in [3.05, 3.63) is 59.7 Å². The number of methoxy groups -OCH3 is 2. The molecule has 1 atom stereocenters. The number of benzene rings is 2. The molecule has 0 N–H and O–H groups in total. The third kappa shape index (κ3) is 4.27. The maximum Gasteiger partial charge on any atom is 0.142 e. The number of nitrogens with zero attached hydrogens (tertiary/aromatic N) is 2. The van der Waals surface area contributed by atoms with Gasteiger partial charge in [0.05, 0.1) is 19.9 Å². The topological polar surface area (TPSA) is 24.9 Å². The first-order chi connectivity index (χ1) is 14.2. The van der Waals surface area contributed by atoms with Crippen LogP contribution >= 0.6 is 0 Å². The quantitative estimate of drug-likeness (QED) is 0.732. The molecule has 2 aromatic carbocycles. The lowest BCUT2D eigenvalue weighted by Crippen LogP contribution is -2.50. The van der Waals surface area contributed by atoms with Crippen LogP contribution in [0.1, 0.15) is 30.4 Å². The Kier molecular flexibility index (Phi) is 6.10. The number of rotatable bonds is 5. The van der Waals surface area contributed by atoms with E-state index in [0.717, 1.165) is 50.5 Å². The van der Waals surface area contributed by atoms with E-state index in [4.69, 9.17) is 9.47 Å². The van der Waals surface area contributed by atoms with E-state index in [0.29, 0.717) is 6.04 Å². The zero-order valence-electron chi connectivity index (χ0n) is 17.9. The number of piperazine rings is 1. The maximum absolute atomic E-state index is 5.63. The van der Waals surface area contributed by atoms with Gasteiger partial charge in [-0.15, -0.1) is 0 Å². The molecule has 0 aromatic heterocycles. The van der Waals surface area contributed by atoms with E-state index in [1.54, 1.807) is 14.2 Å². The summed E-state index contributed by atoms with van der Waals surface area (Å²) in [5.74, 6) is 1.97. The van der Waals surface area contributed by atoms with Crippen LogP contribution in [0.3, 0.4) is 0 Å². The summed E-state index contributed by atoms with van der Waals surface area (Å²) >= 11 is 0. The number of hydrogen-bond acceptors (Lipinski definition) is 4. The van der Waals surface area contributed by atoms with Crippen molar-refractivity contribution < 1.29 is 9.47 Å². The lowest BCUT2D eigenvalue weighted by Gasteiger charge is -2.41. The molecule has 1 aliphatic carbocycles. The van der Waals surface area contributed by atoms with Gasteiger partial charge in [0.1, 0.15) is 11.5 Å². The van der Waals surface area contributed by atoms with Crippen molar-refractivity contribution in [3.8, 4) is 11.5 Å². The maximum atomic E-state index is 5.63. The SMILES string of the molecule is COc1cc(C)ccc1C1=CCC(N2CCN(c3ccccc3OC)CC2)CC1. The molecule has 2 aliphatic rings. The minimum absolute atomic E-state index is 0.648. The molecule has 1 saturated heterocycles. The van der Waals surface area contributed by atoms with Gasteiger partial charge in [-0.25, -0.2) is 0 Å². The van der Waals surface area contributed by atoms with E-state index >= 15 is 0 Å². The number of allylic oxidation sites excluding steroid dienone is 1. The lowest BCUT2D eigenvalue weighted by atomic mass is 9.89. The van der Waals surface area contributed by atoms with Crippen molar-refractivity contribution in [1.82, 2.24) is 4.90 Å². The van der Waals surface area contributed by atoms with Gasteiger partial charge in [-0.3, -0.25) is 4.90 Å². The average Bonchev–Trinajstić information content (AvgIpc) is 2.79. The van der Waals surface area contributed by atoms with E-state index in [1.807, 2.05) is 6.07 Å². The largest absolute Gasteiger partial charge is 0.496 e. The lowest BCUT2D eigenvalue weighted by molar-refractivity contribution is 0.175. The highest BCUT2D eigenvalue weighted by molar-refractivity contribution is 5.71. The Labute approximate surface area is 174 Å². The fourth-order valence-electron chi connectivity index (χ4n) is 4.68. The minimum Gasteiger partial charge on any atom is -0.496 e. The molecular weight excluding hydrogens is 360 g/mol. The highest BCUT2D eigenvalue weighted by Gasteiger charge is 2.27. The molecule has 4 nitrogen and oxygen atoms in total. The number of aryl methyl sites for hydroxylation is 1. The van der Waals surface area contributed by atoms with E-state index < -0.39 is 0 Å². The number of ether oxygens (including phenoxy) is 2. The third-order valence-corrected chi connectivity index (χ3v) is 6.34. The molecular formula is C25H32N2O2. The van der Waals surface area contributed by atoms with E-state index in [-0.39, 0.29) is 0 Å². The summed E-state index contributed by atoms with van der Waals surface area (Å²) in [6.07, 6.45) is 5.91. The Hall–Kier alpha value is -2.46. The second-order valence-electron chi connectivity index (χ2n) is 8.06. The van der Waals surface area contributed by atoms with Gasteiger partial charge < -0.3 is 14.4 Å².